The Kier molecular flexibility index (Phi) is 7.10. The standard InChI is InChI=1S/C20H27ClN4O2/c1-15-14-16(21)8-9-17(15)27-13-5-7-20(26)22-11-10-19-24-23-18-6-3-2-4-12-25(18)19/h8-9,14H,2-7,10-13H2,1H3,(H,22,26). The van der Waals surface area contributed by atoms with Crippen molar-refractivity contribution in [1.29, 1.82) is 0 Å². The van der Waals surface area contributed by atoms with Crippen LogP contribution < -0.4 is 10.1 Å². The number of benzene rings is 1. The Morgan fingerprint density at radius 2 is 2.19 bits per heavy atom. The summed E-state index contributed by atoms with van der Waals surface area (Å²) in [5, 5.41) is 12.2. The monoisotopic (exact) mass is 390 g/mol. The molecule has 1 aliphatic heterocycles. The maximum Gasteiger partial charge on any atom is 0.220 e. The van der Waals surface area contributed by atoms with Crippen LogP contribution in [0, 0.1) is 6.92 Å². The average molecular weight is 391 g/mol. The van der Waals surface area contributed by atoms with E-state index >= 15 is 0 Å². The lowest BCUT2D eigenvalue weighted by Crippen LogP contribution is -2.26. The third-order valence-electron chi connectivity index (χ3n) is 4.80. The van der Waals surface area contributed by atoms with E-state index in [0.717, 1.165) is 42.3 Å². The van der Waals surface area contributed by atoms with E-state index in [2.05, 4.69) is 20.1 Å². The SMILES string of the molecule is Cc1cc(Cl)ccc1OCCCC(=O)NCCc1nnc2n1CCCCC2. The number of rotatable bonds is 8. The lowest BCUT2D eigenvalue weighted by Gasteiger charge is -2.10. The van der Waals surface area contributed by atoms with Crippen LogP contribution in [0.1, 0.15) is 49.3 Å². The zero-order chi connectivity index (χ0) is 19.1. The summed E-state index contributed by atoms with van der Waals surface area (Å²) in [5.74, 6) is 2.92. The van der Waals surface area contributed by atoms with Gasteiger partial charge in [0, 0.05) is 37.4 Å². The topological polar surface area (TPSA) is 69.0 Å². The summed E-state index contributed by atoms with van der Waals surface area (Å²) < 4.78 is 7.94. The van der Waals surface area contributed by atoms with Crippen molar-refractivity contribution in [2.75, 3.05) is 13.2 Å². The molecule has 0 radical (unpaired) electrons. The Labute approximate surface area is 165 Å². The van der Waals surface area contributed by atoms with E-state index in [0.29, 0.717) is 31.0 Å². The third-order valence-corrected chi connectivity index (χ3v) is 5.03. The maximum atomic E-state index is 12.0. The van der Waals surface area contributed by atoms with Gasteiger partial charge in [-0.15, -0.1) is 10.2 Å². The van der Waals surface area contributed by atoms with Crippen LogP contribution in [0.2, 0.25) is 5.02 Å². The molecular weight excluding hydrogens is 364 g/mol. The first-order valence-electron chi connectivity index (χ1n) is 9.70. The zero-order valence-electron chi connectivity index (χ0n) is 15.8. The summed E-state index contributed by atoms with van der Waals surface area (Å²) in [6, 6.07) is 5.54. The molecule has 7 heteroatoms. The number of carbonyl (C=O) groups is 1. The van der Waals surface area contributed by atoms with Gasteiger partial charge in [-0.1, -0.05) is 18.0 Å². The Balaban J connectivity index is 1.34. The molecule has 0 aliphatic carbocycles. The van der Waals surface area contributed by atoms with Crippen LogP contribution in [0.25, 0.3) is 0 Å². The molecule has 27 heavy (non-hydrogen) atoms. The van der Waals surface area contributed by atoms with Crippen molar-refractivity contribution in [2.24, 2.45) is 0 Å². The van der Waals surface area contributed by atoms with Crippen LogP contribution in [0.5, 0.6) is 5.75 Å². The van der Waals surface area contributed by atoms with Gasteiger partial charge in [-0.2, -0.15) is 0 Å². The van der Waals surface area contributed by atoms with Gasteiger partial charge in [0.25, 0.3) is 0 Å². The van der Waals surface area contributed by atoms with Crippen LogP contribution in [0.3, 0.4) is 0 Å². The molecule has 3 rings (SSSR count). The number of hydrogen-bond donors (Lipinski definition) is 1. The van der Waals surface area contributed by atoms with Crippen molar-refractivity contribution in [2.45, 2.75) is 58.4 Å². The highest BCUT2D eigenvalue weighted by Gasteiger charge is 2.14. The minimum Gasteiger partial charge on any atom is -0.493 e. The summed E-state index contributed by atoms with van der Waals surface area (Å²) in [5.41, 5.74) is 0.999. The first-order chi connectivity index (χ1) is 13.1. The third kappa shape index (κ3) is 5.70. The molecule has 6 nitrogen and oxygen atoms in total. The Morgan fingerprint density at radius 1 is 1.30 bits per heavy atom. The molecule has 0 saturated carbocycles. The lowest BCUT2D eigenvalue weighted by atomic mass is 10.2. The molecule has 0 atom stereocenters. The number of aryl methyl sites for hydroxylation is 2. The van der Waals surface area contributed by atoms with Gasteiger partial charge >= 0.3 is 0 Å². The minimum absolute atomic E-state index is 0.0435. The highest BCUT2D eigenvalue weighted by Crippen LogP contribution is 2.22. The molecule has 0 spiro atoms. The average Bonchev–Trinajstić information content (AvgIpc) is 2.87. The second kappa shape index (κ2) is 9.74. The van der Waals surface area contributed by atoms with Gasteiger partial charge in [0.1, 0.15) is 17.4 Å². The Morgan fingerprint density at radius 3 is 3.04 bits per heavy atom. The highest BCUT2D eigenvalue weighted by molar-refractivity contribution is 6.30. The van der Waals surface area contributed by atoms with Crippen LogP contribution >= 0.6 is 11.6 Å². The largest absolute Gasteiger partial charge is 0.493 e. The minimum atomic E-state index is 0.0435. The van der Waals surface area contributed by atoms with Crippen molar-refractivity contribution < 1.29 is 9.53 Å². The second-order valence-corrected chi connectivity index (χ2v) is 7.39. The number of aromatic nitrogens is 3. The number of hydrogen-bond acceptors (Lipinski definition) is 4. The summed E-state index contributed by atoms with van der Waals surface area (Å²) in [6.45, 7) is 4.05. The van der Waals surface area contributed by atoms with Crippen LogP contribution in [-0.2, 0) is 24.2 Å². The molecule has 0 unspecified atom stereocenters. The Hall–Kier alpha value is -2.08. The number of amides is 1. The quantitative estimate of drug-likeness (QED) is 0.700. The summed E-state index contributed by atoms with van der Waals surface area (Å²) in [7, 11) is 0. The smallest absolute Gasteiger partial charge is 0.220 e. The number of ether oxygens (including phenoxy) is 1. The lowest BCUT2D eigenvalue weighted by molar-refractivity contribution is -0.121. The molecule has 1 N–H and O–H groups in total. The molecule has 146 valence electrons. The fourth-order valence-corrected chi connectivity index (χ4v) is 3.55. The van der Waals surface area contributed by atoms with Gasteiger partial charge in [-0.25, -0.2) is 0 Å². The summed E-state index contributed by atoms with van der Waals surface area (Å²) >= 11 is 5.93. The first-order valence-corrected chi connectivity index (χ1v) is 10.1. The molecule has 2 heterocycles. The summed E-state index contributed by atoms with van der Waals surface area (Å²) in [6.07, 6.45) is 6.46. The van der Waals surface area contributed by atoms with Gasteiger partial charge in [0.15, 0.2) is 0 Å². The number of carbonyl (C=O) groups excluding carboxylic acids is 1. The van der Waals surface area contributed by atoms with E-state index in [1.807, 2.05) is 25.1 Å². The molecular formula is C20H27ClN4O2. The van der Waals surface area contributed by atoms with E-state index < -0.39 is 0 Å². The van der Waals surface area contributed by atoms with E-state index in [1.54, 1.807) is 0 Å². The Bertz CT molecular complexity index is 775. The van der Waals surface area contributed by atoms with E-state index in [4.69, 9.17) is 16.3 Å². The number of halogens is 1. The zero-order valence-corrected chi connectivity index (χ0v) is 16.6. The van der Waals surface area contributed by atoms with Gasteiger partial charge in [-0.05, 0) is 49.9 Å². The molecule has 1 aliphatic rings. The number of nitrogens with zero attached hydrogens (tertiary/aromatic N) is 3. The molecule has 1 amide bonds. The van der Waals surface area contributed by atoms with Crippen molar-refractivity contribution >= 4 is 17.5 Å². The number of nitrogens with one attached hydrogen (secondary N) is 1. The van der Waals surface area contributed by atoms with Crippen molar-refractivity contribution in [1.82, 2.24) is 20.1 Å². The number of fused-ring (bicyclic) bond motifs is 1. The van der Waals surface area contributed by atoms with E-state index in [9.17, 15) is 4.79 Å². The van der Waals surface area contributed by atoms with Crippen LogP contribution in [-0.4, -0.2) is 33.8 Å². The van der Waals surface area contributed by atoms with Crippen molar-refractivity contribution in [3.05, 3.63) is 40.4 Å². The molecule has 0 fully saturated rings. The maximum absolute atomic E-state index is 12.0. The molecule has 0 bridgehead atoms. The fourth-order valence-electron chi connectivity index (χ4n) is 3.32. The van der Waals surface area contributed by atoms with Crippen molar-refractivity contribution in [3.63, 3.8) is 0 Å². The molecule has 1 aromatic carbocycles. The summed E-state index contributed by atoms with van der Waals surface area (Å²) in [4.78, 5) is 12.0. The molecule has 2 aromatic rings. The van der Waals surface area contributed by atoms with Crippen molar-refractivity contribution in [3.8, 4) is 5.75 Å². The predicted octanol–water partition coefficient (Wildman–Crippen LogP) is 3.48. The van der Waals surface area contributed by atoms with Crippen LogP contribution in [0.15, 0.2) is 18.2 Å². The van der Waals surface area contributed by atoms with Crippen LogP contribution in [0.4, 0.5) is 0 Å². The fraction of sp³-hybridized carbons (Fsp3) is 0.550. The van der Waals surface area contributed by atoms with E-state index in [1.165, 1.54) is 19.3 Å². The van der Waals surface area contributed by atoms with Gasteiger partial charge in [0.2, 0.25) is 5.91 Å². The predicted molar refractivity (Wildman–Crippen MR) is 105 cm³/mol. The highest BCUT2D eigenvalue weighted by atomic mass is 35.5. The van der Waals surface area contributed by atoms with E-state index in [-0.39, 0.29) is 5.91 Å². The van der Waals surface area contributed by atoms with Gasteiger partial charge in [0.05, 0.1) is 6.61 Å². The first kappa shape index (κ1) is 19.7. The molecule has 1 aromatic heterocycles. The second-order valence-electron chi connectivity index (χ2n) is 6.96. The van der Waals surface area contributed by atoms with Gasteiger partial charge < -0.3 is 14.6 Å². The van der Waals surface area contributed by atoms with Gasteiger partial charge in [-0.3, -0.25) is 4.79 Å². The normalized spacial score (nSPS) is 13.7. The molecule has 0 saturated heterocycles.